The molecule has 0 aliphatic heterocycles. The Balaban J connectivity index is 1.35. The zero-order chi connectivity index (χ0) is 35.6. The van der Waals surface area contributed by atoms with Gasteiger partial charge in [0.15, 0.2) is 0 Å². The minimum Gasteiger partial charge on any atom is -0.480 e. The largest absolute Gasteiger partial charge is 0.480 e. The molecule has 4 amide bonds. The number of rotatable bonds is 16. The Labute approximate surface area is 286 Å². The van der Waals surface area contributed by atoms with E-state index in [0.29, 0.717) is 19.4 Å². The number of aliphatic carboxylic acids is 1. The number of nitrogens with two attached hydrogens (primary N) is 1. The quantitative estimate of drug-likeness (QED) is 0.125. The van der Waals surface area contributed by atoms with Crippen molar-refractivity contribution in [2.45, 2.75) is 76.0 Å². The Morgan fingerprint density at radius 2 is 1.37 bits per heavy atom. The molecule has 0 heterocycles. The number of fused-ring (bicyclic) bond motifs is 3. The highest BCUT2D eigenvalue weighted by Crippen LogP contribution is 2.44. The van der Waals surface area contributed by atoms with Crippen LogP contribution in [0.2, 0.25) is 0 Å². The highest BCUT2D eigenvalue weighted by molar-refractivity contribution is 5.95. The summed E-state index contributed by atoms with van der Waals surface area (Å²) in [4.78, 5) is 64.5. The molecule has 1 aliphatic rings. The van der Waals surface area contributed by atoms with E-state index in [2.05, 4.69) is 21.3 Å². The lowest BCUT2D eigenvalue weighted by molar-refractivity contribution is -0.142. The van der Waals surface area contributed by atoms with Crippen molar-refractivity contribution in [1.29, 1.82) is 0 Å². The van der Waals surface area contributed by atoms with Crippen molar-refractivity contribution in [2.24, 2.45) is 5.73 Å². The van der Waals surface area contributed by atoms with E-state index in [4.69, 9.17) is 10.5 Å². The number of hydrogen-bond donors (Lipinski definition) is 6. The molecule has 0 saturated heterocycles. The van der Waals surface area contributed by atoms with Gasteiger partial charge in [0.1, 0.15) is 30.3 Å². The lowest BCUT2D eigenvalue weighted by Crippen LogP contribution is -2.60. The van der Waals surface area contributed by atoms with Crippen molar-refractivity contribution in [3.05, 3.63) is 95.6 Å². The Morgan fingerprint density at radius 3 is 1.96 bits per heavy atom. The predicted octanol–water partition coefficient (Wildman–Crippen LogP) is 3.23. The summed E-state index contributed by atoms with van der Waals surface area (Å²) in [5, 5.41) is 20.0. The number of carbonyl (C=O) groups excluding carboxylic acids is 4. The lowest BCUT2D eigenvalue weighted by Gasteiger charge is -2.28. The Bertz CT molecular complexity index is 1600. The maximum Gasteiger partial charge on any atom is 0.408 e. The van der Waals surface area contributed by atoms with Gasteiger partial charge in [-0.15, -0.1) is 0 Å². The van der Waals surface area contributed by atoms with Gasteiger partial charge in [-0.3, -0.25) is 14.4 Å². The zero-order valence-electron chi connectivity index (χ0n) is 28.0. The van der Waals surface area contributed by atoms with E-state index in [9.17, 15) is 29.1 Å². The molecule has 0 fully saturated rings. The summed E-state index contributed by atoms with van der Waals surface area (Å²) in [5.41, 5.74) is 9.08. The first-order chi connectivity index (χ1) is 23.4. The SMILES string of the molecule is C[C@H](NC(=O)C(C)(C)NC(=O)OCC1c2ccccc2-c2ccccc21)C(=O)N[C@@H](Cc1ccccc1)C(=O)N[C@@H](CCCCN)C(=O)O. The molecular formula is C37H45N5O7. The van der Waals surface area contributed by atoms with E-state index in [0.717, 1.165) is 27.8 Å². The van der Waals surface area contributed by atoms with E-state index in [1.54, 1.807) is 24.3 Å². The molecule has 0 spiro atoms. The highest BCUT2D eigenvalue weighted by atomic mass is 16.5. The van der Waals surface area contributed by atoms with Crippen molar-refractivity contribution in [3.8, 4) is 11.1 Å². The summed E-state index contributed by atoms with van der Waals surface area (Å²) in [6, 6.07) is 21.4. The number of ether oxygens (including phenoxy) is 1. The number of alkyl carbamates (subject to hydrolysis) is 1. The molecule has 3 aromatic rings. The molecule has 12 heteroatoms. The van der Waals surface area contributed by atoms with Crippen LogP contribution in [0.1, 0.15) is 62.6 Å². The minimum atomic E-state index is -1.46. The second-order valence-corrected chi connectivity index (χ2v) is 12.7. The Hall–Kier alpha value is -5.23. The first-order valence-electron chi connectivity index (χ1n) is 16.4. The van der Waals surface area contributed by atoms with Gasteiger partial charge in [0.25, 0.3) is 0 Å². The Kier molecular flexibility index (Phi) is 12.5. The van der Waals surface area contributed by atoms with Crippen LogP contribution in [0.4, 0.5) is 4.79 Å². The highest BCUT2D eigenvalue weighted by Gasteiger charge is 2.35. The molecule has 3 aromatic carbocycles. The normalized spacial score (nSPS) is 14.0. The van der Waals surface area contributed by atoms with E-state index >= 15 is 0 Å². The van der Waals surface area contributed by atoms with Gasteiger partial charge in [0.05, 0.1) is 0 Å². The molecule has 0 aromatic heterocycles. The third kappa shape index (κ3) is 9.66. The fourth-order valence-corrected chi connectivity index (χ4v) is 5.77. The number of nitrogens with one attached hydrogen (secondary N) is 4. The molecule has 12 nitrogen and oxygen atoms in total. The lowest BCUT2D eigenvalue weighted by atomic mass is 9.98. The average molecular weight is 672 g/mol. The molecule has 49 heavy (non-hydrogen) atoms. The van der Waals surface area contributed by atoms with E-state index in [1.165, 1.54) is 20.8 Å². The molecule has 3 atom stereocenters. The van der Waals surface area contributed by atoms with Crippen LogP contribution < -0.4 is 27.0 Å². The first kappa shape index (κ1) is 36.6. The van der Waals surface area contributed by atoms with Crippen LogP contribution in [0.25, 0.3) is 11.1 Å². The van der Waals surface area contributed by atoms with Crippen molar-refractivity contribution >= 4 is 29.8 Å². The van der Waals surface area contributed by atoms with Crippen LogP contribution >= 0.6 is 0 Å². The van der Waals surface area contributed by atoms with Gasteiger partial charge in [0.2, 0.25) is 17.7 Å². The summed E-state index contributed by atoms with van der Waals surface area (Å²) in [6.07, 6.45) is 0.587. The number of unbranched alkanes of at least 4 members (excludes halogenated alkanes) is 1. The summed E-state index contributed by atoms with van der Waals surface area (Å²) in [6.45, 7) is 4.88. The molecule has 7 N–H and O–H groups in total. The second kappa shape index (κ2) is 16.7. The van der Waals surface area contributed by atoms with Crippen molar-refractivity contribution in [3.63, 3.8) is 0 Å². The van der Waals surface area contributed by atoms with Gasteiger partial charge in [-0.25, -0.2) is 9.59 Å². The van der Waals surface area contributed by atoms with E-state index < -0.39 is 53.4 Å². The monoisotopic (exact) mass is 671 g/mol. The van der Waals surface area contributed by atoms with Crippen molar-refractivity contribution in [1.82, 2.24) is 21.3 Å². The zero-order valence-corrected chi connectivity index (χ0v) is 28.0. The van der Waals surface area contributed by atoms with E-state index in [-0.39, 0.29) is 25.4 Å². The third-order valence-electron chi connectivity index (χ3n) is 8.54. The van der Waals surface area contributed by atoms with Crippen LogP contribution in [0.15, 0.2) is 78.9 Å². The fraction of sp³-hybridized carbons (Fsp3) is 0.378. The number of amides is 4. The smallest absolute Gasteiger partial charge is 0.408 e. The van der Waals surface area contributed by atoms with Gasteiger partial charge in [-0.05, 0) is 74.4 Å². The minimum absolute atomic E-state index is 0.0665. The predicted molar refractivity (Wildman–Crippen MR) is 184 cm³/mol. The molecule has 4 rings (SSSR count). The summed E-state index contributed by atoms with van der Waals surface area (Å²) >= 11 is 0. The van der Waals surface area contributed by atoms with E-state index in [1.807, 2.05) is 54.6 Å². The van der Waals surface area contributed by atoms with Crippen molar-refractivity contribution < 1.29 is 33.8 Å². The molecule has 1 aliphatic carbocycles. The molecular weight excluding hydrogens is 626 g/mol. The van der Waals surface area contributed by atoms with Gasteiger partial charge < -0.3 is 36.8 Å². The van der Waals surface area contributed by atoms with Crippen LogP contribution in [0, 0.1) is 0 Å². The summed E-state index contributed by atoms with van der Waals surface area (Å²) in [7, 11) is 0. The molecule has 260 valence electrons. The summed E-state index contributed by atoms with van der Waals surface area (Å²) in [5.74, 6) is -3.35. The second-order valence-electron chi connectivity index (χ2n) is 12.7. The number of carboxylic acids is 1. The van der Waals surface area contributed by atoms with Gasteiger partial charge >= 0.3 is 12.1 Å². The number of carbonyl (C=O) groups is 5. The standard InChI is InChI=1S/C37H45N5O7/c1-23(32(43)41-31(21-24-13-5-4-6-14-24)33(44)40-30(34(45)46)19-11-12-20-38)39-35(47)37(2,3)42-36(48)49-22-29-27-17-9-7-15-25(27)26-16-8-10-18-28(26)29/h4-10,13-18,23,29-31H,11-12,19-22,38H2,1-3H3,(H,39,47)(H,40,44)(H,41,43)(H,42,48)(H,45,46)/t23-,30-,31-/m0/s1. The number of carboxylic acid groups (broad SMARTS) is 1. The number of hydrogen-bond acceptors (Lipinski definition) is 7. The number of benzene rings is 3. The van der Waals surface area contributed by atoms with Crippen LogP contribution in [-0.4, -0.2) is 71.7 Å². The van der Waals surface area contributed by atoms with Crippen molar-refractivity contribution in [2.75, 3.05) is 13.2 Å². The first-order valence-corrected chi connectivity index (χ1v) is 16.4. The Morgan fingerprint density at radius 1 is 0.796 bits per heavy atom. The molecule has 0 bridgehead atoms. The maximum absolute atomic E-state index is 13.3. The average Bonchev–Trinajstić information content (AvgIpc) is 3.40. The molecule has 0 unspecified atom stereocenters. The topological polar surface area (TPSA) is 189 Å². The third-order valence-corrected chi connectivity index (χ3v) is 8.54. The maximum atomic E-state index is 13.3. The summed E-state index contributed by atoms with van der Waals surface area (Å²) < 4.78 is 5.59. The fourth-order valence-electron chi connectivity index (χ4n) is 5.77. The van der Waals surface area contributed by atoms with Gasteiger partial charge in [-0.2, -0.15) is 0 Å². The van der Waals surface area contributed by atoms with Crippen LogP contribution in [0.3, 0.4) is 0 Å². The van der Waals surface area contributed by atoms with Gasteiger partial charge in [-0.1, -0.05) is 78.9 Å². The molecule has 0 radical (unpaired) electrons. The van der Waals surface area contributed by atoms with Crippen LogP contribution in [0.5, 0.6) is 0 Å². The van der Waals surface area contributed by atoms with Gasteiger partial charge in [0, 0.05) is 12.3 Å². The van der Waals surface area contributed by atoms with Crippen LogP contribution in [-0.2, 0) is 30.3 Å². The molecule has 0 saturated carbocycles.